The molecule has 6 heteroatoms. The number of phenolic OH excluding ortho intramolecular Hbond substituents is 1. The molecular weight excluding hydrogens is 370 g/mol. The third-order valence-corrected chi connectivity index (χ3v) is 6.74. The molecule has 28 heavy (non-hydrogen) atoms. The first kappa shape index (κ1) is 17.9. The Hall–Kier alpha value is -2.15. The van der Waals surface area contributed by atoms with Gasteiger partial charge in [-0.25, -0.2) is 4.98 Å². The van der Waals surface area contributed by atoms with Gasteiger partial charge < -0.3 is 15.2 Å². The molecule has 0 bridgehead atoms. The molecular formula is C22H25N3O2S. The van der Waals surface area contributed by atoms with Crippen molar-refractivity contribution in [3.8, 4) is 22.1 Å². The molecule has 0 amide bonds. The molecule has 0 spiro atoms. The molecule has 0 aliphatic carbocycles. The molecule has 0 saturated carbocycles. The van der Waals surface area contributed by atoms with Gasteiger partial charge in [0.15, 0.2) is 11.5 Å². The lowest BCUT2D eigenvalue weighted by atomic mass is 9.98. The van der Waals surface area contributed by atoms with Crippen LogP contribution in [0.4, 0.5) is 0 Å². The van der Waals surface area contributed by atoms with Crippen LogP contribution in [0.15, 0.2) is 36.4 Å². The van der Waals surface area contributed by atoms with Crippen LogP contribution in [0.5, 0.6) is 11.5 Å². The van der Waals surface area contributed by atoms with Crippen molar-refractivity contribution in [3.63, 3.8) is 0 Å². The third-order valence-electron chi connectivity index (χ3n) is 5.65. The van der Waals surface area contributed by atoms with E-state index in [0.717, 1.165) is 59.1 Å². The summed E-state index contributed by atoms with van der Waals surface area (Å²) in [5.74, 6) is 1.54. The minimum atomic E-state index is 0.216. The van der Waals surface area contributed by atoms with Crippen molar-refractivity contribution in [1.29, 1.82) is 0 Å². The van der Waals surface area contributed by atoms with Crippen LogP contribution in [0, 0.1) is 5.92 Å². The number of para-hydroxylation sites is 1. The highest BCUT2D eigenvalue weighted by Gasteiger charge is 2.23. The van der Waals surface area contributed by atoms with Crippen molar-refractivity contribution in [2.45, 2.75) is 19.4 Å². The van der Waals surface area contributed by atoms with E-state index in [1.54, 1.807) is 17.4 Å². The maximum absolute atomic E-state index is 10.6. The quantitative estimate of drug-likeness (QED) is 0.705. The molecule has 0 radical (unpaired) electrons. The van der Waals surface area contributed by atoms with Gasteiger partial charge in [-0.05, 0) is 56.1 Å². The number of hydrogen-bond acceptors (Lipinski definition) is 6. The van der Waals surface area contributed by atoms with Crippen molar-refractivity contribution < 1.29 is 9.84 Å². The summed E-state index contributed by atoms with van der Waals surface area (Å²) in [6.07, 6.45) is 2.54. The molecule has 2 aliphatic rings. The topological polar surface area (TPSA) is 57.6 Å². The lowest BCUT2D eigenvalue weighted by Crippen LogP contribution is -2.38. The van der Waals surface area contributed by atoms with E-state index in [9.17, 15) is 5.11 Å². The number of phenols is 1. The number of rotatable bonds is 3. The van der Waals surface area contributed by atoms with Gasteiger partial charge in [-0.2, -0.15) is 0 Å². The van der Waals surface area contributed by atoms with Gasteiger partial charge in [0.05, 0.1) is 10.2 Å². The fourth-order valence-electron chi connectivity index (χ4n) is 4.27. The van der Waals surface area contributed by atoms with Crippen molar-refractivity contribution in [2.75, 3.05) is 32.8 Å². The Morgan fingerprint density at radius 1 is 1.29 bits per heavy atom. The fraction of sp³-hybridized carbons (Fsp3) is 0.409. The maximum atomic E-state index is 10.6. The van der Waals surface area contributed by atoms with E-state index < -0.39 is 0 Å². The number of aromatic nitrogens is 1. The molecule has 5 rings (SSSR count). The number of thiazole rings is 1. The second-order valence-corrected chi connectivity index (χ2v) is 8.80. The summed E-state index contributed by atoms with van der Waals surface area (Å²) in [5, 5.41) is 15.1. The third kappa shape index (κ3) is 3.60. The van der Waals surface area contributed by atoms with Crippen molar-refractivity contribution in [3.05, 3.63) is 42.0 Å². The molecule has 3 heterocycles. The van der Waals surface area contributed by atoms with E-state index in [1.165, 1.54) is 12.8 Å². The normalized spacial score (nSPS) is 20.5. The van der Waals surface area contributed by atoms with Crippen LogP contribution in [-0.4, -0.2) is 47.8 Å². The summed E-state index contributed by atoms with van der Waals surface area (Å²) in [4.78, 5) is 7.22. The van der Waals surface area contributed by atoms with E-state index in [0.29, 0.717) is 18.3 Å². The fourth-order valence-corrected chi connectivity index (χ4v) is 5.23. The van der Waals surface area contributed by atoms with Crippen LogP contribution in [0.3, 0.4) is 0 Å². The van der Waals surface area contributed by atoms with Crippen LogP contribution in [-0.2, 0) is 6.54 Å². The van der Waals surface area contributed by atoms with Gasteiger partial charge >= 0.3 is 0 Å². The van der Waals surface area contributed by atoms with Gasteiger partial charge in [-0.3, -0.25) is 4.90 Å². The van der Waals surface area contributed by atoms with Crippen LogP contribution in [0.1, 0.15) is 18.4 Å². The molecule has 146 valence electrons. The number of piperidine rings is 1. The minimum absolute atomic E-state index is 0.216. The second kappa shape index (κ2) is 7.70. The molecule has 2 aliphatic heterocycles. The van der Waals surface area contributed by atoms with Crippen LogP contribution in [0.25, 0.3) is 20.8 Å². The van der Waals surface area contributed by atoms with Gasteiger partial charge in [0, 0.05) is 30.8 Å². The Balaban J connectivity index is 1.44. The highest BCUT2D eigenvalue weighted by molar-refractivity contribution is 7.21. The van der Waals surface area contributed by atoms with E-state index in [1.807, 2.05) is 18.2 Å². The molecule has 2 N–H and O–H groups in total. The Morgan fingerprint density at radius 3 is 3.07 bits per heavy atom. The molecule has 1 saturated heterocycles. The second-order valence-electron chi connectivity index (χ2n) is 7.77. The van der Waals surface area contributed by atoms with Crippen molar-refractivity contribution in [1.82, 2.24) is 15.2 Å². The predicted molar refractivity (Wildman–Crippen MR) is 113 cm³/mol. The molecule has 5 nitrogen and oxygen atoms in total. The lowest BCUT2D eigenvalue weighted by molar-refractivity contribution is 0.182. The van der Waals surface area contributed by atoms with E-state index in [4.69, 9.17) is 9.72 Å². The van der Waals surface area contributed by atoms with Crippen molar-refractivity contribution in [2.24, 2.45) is 5.92 Å². The molecule has 1 unspecified atom stereocenters. The van der Waals surface area contributed by atoms with Crippen LogP contribution < -0.4 is 10.1 Å². The lowest BCUT2D eigenvalue weighted by Gasteiger charge is -2.29. The zero-order chi connectivity index (χ0) is 18.9. The minimum Gasteiger partial charge on any atom is -0.504 e. The SMILES string of the molecule is Oc1cc(-c2nc3ccccc3s2)cc2c1OCCN(CC1CCCNC1)C2. The Bertz CT molecular complexity index is 948. The van der Waals surface area contributed by atoms with Crippen LogP contribution in [0.2, 0.25) is 0 Å². The molecule has 1 atom stereocenters. The first-order valence-corrected chi connectivity index (χ1v) is 10.9. The molecule has 1 aromatic heterocycles. The number of fused-ring (bicyclic) bond motifs is 2. The van der Waals surface area contributed by atoms with Gasteiger partial charge in [0.1, 0.15) is 11.6 Å². The summed E-state index contributed by atoms with van der Waals surface area (Å²) in [7, 11) is 0. The summed E-state index contributed by atoms with van der Waals surface area (Å²) in [5.41, 5.74) is 3.01. The van der Waals surface area contributed by atoms with E-state index in [2.05, 4.69) is 22.3 Å². The molecule has 2 aromatic carbocycles. The van der Waals surface area contributed by atoms with Crippen molar-refractivity contribution >= 4 is 21.6 Å². The predicted octanol–water partition coefficient (Wildman–Crippen LogP) is 3.86. The number of nitrogens with one attached hydrogen (secondary N) is 1. The van der Waals surface area contributed by atoms with Gasteiger partial charge in [-0.1, -0.05) is 12.1 Å². The zero-order valence-electron chi connectivity index (χ0n) is 15.9. The van der Waals surface area contributed by atoms with Gasteiger partial charge in [-0.15, -0.1) is 11.3 Å². The maximum Gasteiger partial charge on any atom is 0.165 e. The average molecular weight is 396 g/mol. The summed E-state index contributed by atoms with van der Waals surface area (Å²) in [6, 6.07) is 12.1. The summed E-state index contributed by atoms with van der Waals surface area (Å²) < 4.78 is 7.09. The Kier molecular flexibility index (Phi) is 4.93. The first-order valence-electron chi connectivity index (χ1n) is 10.0. The number of aromatic hydroxyl groups is 1. The Morgan fingerprint density at radius 2 is 2.21 bits per heavy atom. The smallest absolute Gasteiger partial charge is 0.165 e. The largest absolute Gasteiger partial charge is 0.504 e. The number of hydrogen-bond donors (Lipinski definition) is 2. The van der Waals surface area contributed by atoms with E-state index in [-0.39, 0.29) is 5.75 Å². The monoisotopic (exact) mass is 395 g/mol. The molecule has 3 aromatic rings. The standard InChI is InChI=1S/C22H25N3O2S/c26-19-11-16(22-24-18-5-1-2-6-20(18)28-22)10-17-14-25(8-9-27-21(17)19)13-15-4-3-7-23-12-15/h1-2,5-6,10-11,15,23,26H,3-4,7-9,12-14H2. The van der Waals surface area contributed by atoms with Gasteiger partial charge in [0.2, 0.25) is 0 Å². The average Bonchev–Trinajstić information content (AvgIpc) is 3.04. The number of nitrogens with zero attached hydrogens (tertiary/aromatic N) is 2. The number of benzene rings is 2. The zero-order valence-corrected chi connectivity index (χ0v) is 16.7. The highest BCUT2D eigenvalue weighted by atomic mass is 32.1. The number of ether oxygens (including phenoxy) is 1. The Labute approximate surface area is 169 Å². The van der Waals surface area contributed by atoms with Gasteiger partial charge in [0.25, 0.3) is 0 Å². The first-order chi connectivity index (χ1) is 13.8. The molecule has 1 fully saturated rings. The summed E-state index contributed by atoms with van der Waals surface area (Å²) in [6.45, 7) is 5.62. The van der Waals surface area contributed by atoms with E-state index >= 15 is 0 Å². The summed E-state index contributed by atoms with van der Waals surface area (Å²) >= 11 is 1.66. The highest BCUT2D eigenvalue weighted by Crippen LogP contribution is 2.39. The van der Waals surface area contributed by atoms with Crippen LogP contribution >= 0.6 is 11.3 Å².